The van der Waals surface area contributed by atoms with Crippen molar-refractivity contribution < 1.29 is 28.9 Å². The first-order valence-corrected chi connectivity index (χ1v) is 10.2. The minimum absolute atomic E-state index is 0.133. The molecule has 3 aliphatic rings. The van der Waals surface area contributed by atoms with E-state index in [0.29, 0.717) is 43.2 Å². The van der Waals surface area contributed by atoms with Crippen LogP contribution in [0.25, 0.3) is 0 Å². The summed E-state index contributed by atoms with van der Waals surface area (Å²) in [6, 6.07) is 3.59. The van der Waals surface area contributed by atoms with Gasteiger partial charge in [0.05, 0.1) is 13.0 Å². The highest BCUT2D eigenvalue weighted by atomic mass is 16.7. The van der Waals surface area contributed by atoms with Crippen LogP contribution in [0.4, 0.5) is 0 Å². The molecule has 1 amide bonds. The lowest BCUT2D eigenvalue weighted by Gasteiger charge is -2.30. The van der Waals surface area contributed by atoms with Gasteiger partial charge in [-0.1, -0.05) is 0 Å². The minimum atomic E-state index is -0.814. The molecular weight excluding hydrogens is 376 g/mol. The number of likely N-dealkylation sites (N-methyl/N-ethyl adjacent to an activating group) is 1. The van der Waals surface area contributed by atoms with Crippen molar-refractivity contribution in [2.75, 3.05) is 40.6 Å². The quantitative estimate of drug-likeness (QED) is 0.775. The van der Waals surface area contributed by atoms with Crippen LogP contribution in [-0.4, -0.2) is 73.4 Å². The number of hydrogen-bond acceptors (Lipinski definition) is 6. The zero-order valence-corrected chi connectivity index (χ0v) is 16.9. The minimum Gasteiger partial charge on any atom is -0.493 e. The number of benzene rings is 1. The maximum absolute atomic E-state index is 12.3. The van der Waals surface area contributed by atoms with Gasteiger partial charge in [0, 0.05) is 38.0 Å². The number of nitrogens with zero attached hydrogens (tertiary/aromatic N) is 2. The maximum atomic E-state index is 12.3. The van der Waals surface area contributed by atoms with Gasteiger partial charge in [-0.25, -0.2) is 0 Å². The molecule has 0 saturated carbocycles. The van der Waals surface area contributed by atoms with Gasteiger partial charge in [0.1, 0.15) is 0 Å². The van der Waals surface area contributed by atoms with Crippen LogP contribution >= 0.6 is 0 Å². The number of likely N-dealkylation sites (tertiary alicyclic amines) is 2. The van der Waals surface area contributed by atoms with Crippen LogP contribution in [0.3, 0.4) is 0 Å². The van der Waals surface area contributed by atoms with Crippen LogP contribution in [0.15, 0.2) is 12.1 Å². The third-order valence-corrected chi connectivity index (χ3v) is 6.41. The SMILES string of the molecule is COc1cc(C2CN(C)C(CCN3CCCCC3=O)C2C(=O)O)cc2c1OCO2. The Bertz CT molecular complexity index is 798. The lowest BCUT2D eigenvalue weighted by atomic mass is 9.84. The fraction of sp³-hybridized carbons (Fsp3) is 0.619. The van der Waals surface area contributed by atoms with Gasteiger partial charge in [-0.15, -0.1) is 0 Å². The van der Waals surface area contributed by atoms with Gasteiger partial charge in [-0.05, 0) is 44.0 Å². The highest BCUT2D eigenvalue weighted by Gasteiger charge is 2.45. The average molecular weight is 404 g/mol. The highest BCUT2D eigenvalue weighted by Crippen LogP contribution is 2.46. The molecule has 2 saturated heterocycles. The topological polar surface area (TPSA) is 88.5 Å². The molecule has 3 aliphatic heterocycles. The van der Waals surface area contributed by atoms with Crippen molar-refractivity contribution >= 4 is 11.9 Å². The van der Waals surface area contributed by atoms with Crippen molar-refractivity contribution in [3.05, 3.63) is 17.7 Å². The van der Waals surface area contributed by atoms with Crippen LogP contribution in [0.2, 0.25) is 0 Å². The summed E-state index contributed by atoms with van der Waals surface area (Å²) in [6.45, 7) is 2.14. The molecule has 0 aliphatic carbocycles. The van der Waals surface area contributed by atoms with E-state index in [4.69, 9.17) is 14.2 Å². The van der Waals surface area contributed by atoms with Crippen LogP contribution < -0.4 is 14.2 Å². The fourth-order valence-electron chi connectivity index (χ4n) is 4.90. The van der Waals surface area contributed by atoms with E-state index in [1.165, 1.54) is 0 Å². The molecule has 4 rings (SSSR count). The fourth-order valence-corrected chi connectivity index (χ4v) is 4.90. The molecule has 3 heterocycles. The van der Waals surface area contributed by atoms with Crippen LogP contribution in [0.5, 0.6) is 17.2 Å². The first-order chi connectivity index (χ1) is 14.0. The van der Waals surface area contributed by atoms with Gasteiger partial charge in [0.15, 0.2) is 11.5 Å². The summed E-state index contributed by atoms with van der Waals surface area (Å²) in [6.07, 6.45) is 3.22. The van der Waals surface area contributed by atoms with E-state index in [0.717, 1.165) is 24.9 Å². The van der Waals surface area contributed by atoms with Crippen molar-refractivity contribution in [2.45, 2.75) is 37.6 Å². The van der Waals surface area contributed by atoms with Crippen molar-refractivity contribution in [3.8, 4) is 17.2 Å². The summed E-state index contributed by atoms with van der Waals surface area (Å²) in [7, 11) is 3.53. The molecule has 1 aromatic carbocycles. The Morgan fingerprint density at radius 2 is 2.14 bits per heavy atom. The highest BCUT2D eigenvalue weighted by molar-refractivity contribution is 5.77. The second kappa shape index (κ2) is 8.10. The van der Waals surface area contributed by atoms with E-state index in [1.54, 1.807) is 7.11 Å². The number of ether oxygens (including phenoxy) is 3. The number of carbonyl (C=O) groups excluding carboxylic acids is 1. The lowest BCUT2D eigenvalue weighted by molar-refractivity contribution is -0.143. The Morgan fingerprint density at radius 3 is 2.86 bits per heavy atom. The number of piperidine rings is 1. The van der Waals surface area contributed by atoms with Gasteiger partial charge < -0.3 is 29.1 Å². The molecule has 1 N–H and O–H groups in total. The number of methoxy groups -OCH3 is 1. The predicted octanol–water partition coefficient (Wildman–Crippen LogP) is 1.92. The van der Waals surface area contributed by atoms with Crippen molar-refractivity contribution in [3.63, 3.8) is 0 Å². The Balaban J connectivity index is 1.55. The molecule has 3 atom stereocenters. The number of carbonyl (C=O) groups is 2. The molecule has 29 heavy (non-hydrogen) atoms. The normalized spacial score (nSPS) is 26.8. The number of fused-ring (bicyclic) bond motifs is 1. The van der Waals surface area contributed by atoms with E-state index in [9.17, 15) is 14.7 Å². The van der Waals surface area contributed by atoms with Crippen molar-refractivity contribution in [2.24, 2.45) is 5.92 Å². The standard InChI is InChI=1S/C21H28N2O6/c1-22-11-14(13-9-16(27-2)20-17(10-13)28-12-29-20)19(21(25)26)15(22)6-8-23-7-4-3-5-18(23)24/h9-10,14-15,19H,3-8,11-12H2,1-2H3,(H,25,26). The lowest BCUT2D eigenvalue weighted by Crippen LogP contribution is -2.41. The van der Waals surface area contributed by atoms with Crippen LogP contribution in [-0.2, 0) is 9.59 Å². The summed E-state index contributed by atoms with van der Waals surface area (Å²) in [4.78, 5) is 28.4. The zero-order chi connectivity index (χ0) is 20.5. The van der Waals surface area contributed by atoms with Crippen LogP contribution in [0.1, 0.15) is 37.2 Å². The molecule has 0 spiro atoms. The Labute approximate surface area is 170 Å². The molecule has 158 valence electrons. The van der Waals surface area contributed by atoms with Gasteiger partial charge in [-0.3, -0.25) is 9.59 Å². The summed E-state index contributed by atoms with van der Waals surface area (Å²) < 4.78 is 16.4. The van der Waals surface area contributed by atoms with Gasteiger partial charge in [0.25, 0.3) is 0 Å². The second-order valence-electron chi connectivity index (χ2n) is 8.06. The third-order valence-electron chi connectivity index (χ3n) is 6.41. The summed E-state index contributed by atoms with van der Waals surface area (Å²) >= 11 is 0. The maximum Gasteiger partial charge on any atom is 0.308 e. The first-order valence-electron chi connectivity index (χ1n) is 10.2. The molecular formula is C21H28N2O6. The van der Waals surface area contributed by atoms with Crippen LogP contribution in [0, 0.1) is 5.92 Å². The molecule has 1 aromatic rings. The van der Waals surface area contributed by atoms with E-state index in [2.05, 4.69) is 4.90 Å². The van der Waals surface area contributed by atoms with E-state index >= 15 is 0 Å². The molecule has 0 radical (unpaired) electrons. The average Bonchev–Trinajstić information content (AvgIpc) is 3.30. The number of carboxylic acids is 1. The molecule has 2 fully saturated rings. The van der Waals surface area contributed by atoms with E-state index in [-0.39, 0.29) is 24.7 Å². The van der Waals surface area contributed by atoms with Gasteiger partial charge >= 0.3 is 5.97 Å². The third kappa shape index (κ3) is 3.73. The van der Waals surface area contributed by atoms with Gasteiger partial charge in [0.2, 0.25) is 18.4 Å². The largest absolute Gasteiger partial charge is 0.493 e. The van der Waals surface area contributed by atoms with Gasteiger partial charge in [-0.2, -0.15) is 0 Å². The monoisotopic (exact) mass is 404 g/mol. The zero-order valence-electron chi connectivity index (χ0n) is 16.9. The van der Waals surface area contributed by atoms with Crippen molar-refractivity contribution in [1.29, 1.82) is 0 Å². The second-order valence-corrected chi connectivity index (χ2v) is 8.06. The summed E-state index contributed by atoms with van der Waals surface area (Å²) in [5.41, 5.74) is 0.877. The molecule has 8 nitrogen and oxygen atoms in total. The Morgan fingerprint density at radius 1 is 1.31 bits per heavy atom. The van der Waals surface area contributed by atoms with E-state index in [1.807, 2.05) is 24.1 Å². The number of carboxylic acid groups (broad SMARTS) is 1. The predicted molar refractivity (Wildman–Crippen MR) is 104 cm³/mol. The molecule has 3 unspecified atom stereocenters. The first kappa shape index (κ1) is 19.8. The molecule has 8 heteroatoms. The number of aliphatic carboxylic acids is 1. The smallest absolute Gasteiger partial charge is 0.308 e. The summed E-state index contributed by atoms with van der Waals surface area (Å²) in [5.74, 6) is 0.326. The number of hydrogen-bond donors (Lipinski definition) is 1. The number of rotatable bonds is 6. The number of amides is 1. The molecule has 0 aromatic heterocycles. The molecule has 0 bridgehead atoms. The van der Waals surface area contributed by atoms with Crippen molar-refractivity contribution in [1.82, 2.24) is 9.80 Å². The summed E-state index contributed by atoms with van der Waals surface area (Å²) in [5, 5.41) is 10.0. The van der Waals surface area contributed by atoms with E-state index < -0.39 is 11.9 Å². The Kier molecular flexibility index (Phi) is 5.54. The Hall–Kier alpha value is -2.48.